The fourth-order valence-corrected chi connectivity index (χ4v) is 2.04. The standard InChI is InChI=1S/C13H14ClN3O/c1-3-6-17-13(15-8-16-17)12(18)11-5-4-10(14)7-9(11)2/h4-5,7-8H,3,6H2,1-2H3. The summed E-state index contributed by atoms with van der Waals surface area (Å²) < 4.78 is 1.64. The summed E-state index contributed by atoms with van der Waals surface area (Å²) >= 11 is 5.88. The molecule has 0 saturated carbocycles. The minimum Gasteiger partial charge on any atom is -0.285 e. The van der Waals surface area contributed by atoms with E-state index in [-0.39, 0.29) is 5.78 Å². The lowest BCUT2D eigenvalue weighted by Gasteiger charge is -2.06. The Kier molecular flexibility index (Phi) is 3.77. The van der Waals surface area contributed by atoms with Crippen LogP contribution in [-0.4, -0.2) is 20.5 Å². The maximum atomic E-state index is 12.4. The van der Waals surface area contributed by atoms with Gasteiger partial charge in [0.25, 0.3) is 0 Å². The first-order chi connectivity index (χ1) is 8.63. The molecule has 0 saturated heterocycles. The van der Waals surface area contributed by atoms with Crippen molar-refractivity contribution >= 4 is 17.4 Å². The third kappa shape index (κ3) is 2.43. The molecule has 0 unspecified atom stereocenters. The minimum absolute atomic E-state index is 0.116. The van der Waals surface area contributed by atoms with E-state index < -0.39 is 0 Å². The highest BCUT2D eigenvalue weighted by atomic mass is 35.5. The van der Waals surface area contributed by atoms with Gasteiger partial charge < -0.3 is 0 Å². The van der Waals surface area contributed by atoms with Gasteiger partial charge in [0.2, 0.25) is 5.78 Å². The zero-order chi connectivity index (χ0) is 13.1. The van der Waals surface area contributed by atoms with Crippen molar-refractivity contribution < 1.29 is 4.79 Å². The Balaban J connectivity index is 2.38. The van der Waals surface area contributed by atoms with Crippen LogP contribution in [0, 0.1) is 6.92 Å². The summed E-state index contributed by atoms with van der Waals surface area (Å²) in [6, 6.07) is 5.21. The lowest BCUT2D eigenvalue weighted by molar-refractivity contribution is 0.102. The third-order valence-electron chi connectivity index (χ3n) is 2.69. The van der Waals surface area contributed by atoms with Crippen molar-refractivity contribution in [2.45, 2.75) is 26.8 Å². The van der Waals surface area contributed by atoms with Crippen molar-refractivity contribution in [1.82, 2.24) is 14.8 Å². The van der Waals surface area contributed by atoms with Gasteiger partial charge in [-0.25, -0.2) is 9.67 Å². The maximum Gasteiger partial charge on any atom is 0.230 e. The number of hydrogen-bond donors (Lipinski definition) is 0. The van der Waals surface area contributed by atoms with Crippen LogP contribution in [0.5, 0.6) is 0 Å². The topological polar surface area (TPSA) is 47.8 Å². The van der Waals surface area contributed by atoms with Gasteiger partial charge in [0.15, 0.2) is 5.82 Å². The second-order valence-electron chi connectivity index (χ2n) is 4.10. The Hall–Kier alpha value is -1.68. The second kappa shape index (κ2) is 5.31. The zero-order valence-corrected chi connectivity index (χ0v) is 11.1. The van der Waals surface area contributed by atoms with E-state index in [1.165, 1.54) is 6.33 Å². The summed E-state index contributed by atoms with van der Waals surface area (Å²) in [6.45, 7) is 4.58. The molecule has 5 heteroatoms. The molecule has 1 aromatic heterocycles. The van der Waals surface area contributed by atoms with E-state index >= 15 is 0 Å². The van der Waals surface area contributed by atoms with Crippen LogP contribution in [0.1, 0.15) is 35.1 Å². The van der Waals surface area contributed by atoms with E-state index in [1.54, 1.807) is 22.9 Å². The predicted molar refractivity (Wildman–Crippen MR) is 69.9 cm³/mol. The zero-order valence-electron chi connectivity index (χ0n) is 10.4. The number of carbonyl (C=O) groups excluding carboxylic acids is 1. The second-order valence-corrected chi connectivity index (χ2v) is 4.53. The van der Waals surface area contributed by atoms with Gasteiger partial charge >= 0.3 is 0 Å². The minimum atomic E-state index is -0.116. The van der Waals surface area contributed by atoms with Crippen LogP contribution >= 0.6 is 11.6 Å². The largest absolute Gasteiger partial charge is 0.285 e. The van der Waals surface area contributed by atoms with Gasteiger partial charge in [0.05, 0.1) is 0 Å². The summed E-state index contributed by atoms with van der Waals surface area (Å²) in [5.41, 5.74) is 1.46. The van der Waals surface area contributed by atoms with Crippen molar-refractivity contribution in [2.75, 3.05) is 0 Å². The Morgan fingerprint density at radius 3 is 2.89 bits per heavy atom. The third-order valence-corrected chi connectivity index (χ3v) is 2.92. The normalized spacial score (nSPS) is 10.6. The number of nitrogens with zero attached hydrogens (tertiary/aromatic N) is 3. The van der Waals surface area contributed by atoms with Gasteiger partial charge in [-0.1, -0.05) is 18.5 Å². The number of aryl methyl sites for hydroxylation is 2. The molecule has 0 bridgehead atoms. The Labute approximate surface area is 111 Å². The molecule has 0 aliphatic carbocycles. The summed E-state index contributed by atoms with van der Waals surface area (Å²) in [4.78, 5) is 16.4. The molecule has 0 aliphatic heterocycles. The molecule has 0 amide bonds. The first-order valence-corrected chi connectivity index (χ1v) is 6.20. The molecule has 2 aromatic rings. The van der Waals surface area contributed by atoms with Crippen LogP contribution in [0.2, 0.25) is 5.02 Å². The monoisotopic (exact) mass is 263 g/mol. The fourth-order valence-electron chi connectivity index (χ4n) is 1.82. The number of ketones is 1. The lowest BCUT2D eigenvalue weighted by atomic mass is 10.0. The maximum absolute atomic E-state index is 12.4. The summed E-state index contributed by atoms with van der Waals surface area (Å²) in [6.07, 6.45) is 2.32. The molecule has 0 N–H and O–H groups in total. The van der Waals surface area contributed by atoms with E-state index in [4.69, 9.17) is 11.6 Å². The fraction of sp³-hybridized carbons (Fsp3) is 0.308. The SMILES string of the molecule is CCCn1ncnc1C(=O)c1ccc(Cl)cc1C. The van der Waals surface area contributed by atoms with Crippen molar-refractivity contribution in [3.05, 3.63) is 46.5 Å². The summed E-state index contributed by atoms with van der Waals surface area (Å²) in [5, 5.41) is 4.68. The molecule has 0 atom stereocenters. The van der Waals surface area contributed by atoms with Crippen molar-refractivity contribution in [1.29, 1.82) is 0 Å². The van der Waals surface area contributed by atoms with E-state index in [0.717, 1.165) is 12.0 Å². The molecule has 1 aromatic carbocycles. The molecular formula is C13H14ClN3O. The number of hydrogen-bond acceptors (Lipinski definition) is 3. The van der Waals surface area contributed by atoms with Crippen LogP contribution in [0.3, 0.4) is 0 Å². The van der Waals surface area contributed by atoms with Gasteiger partial charge in [0, 0.05) is 17.1 Å². The molecule has 2 rings (SSSR count). The van der Waals surface area contributed by atoms with Crippen LogP contribution in [0.4, 0.5) is 0 Å². The number of benzene rings is 1. The highest BCUT2D eigenvalue weighted by Gasteiger charge is 2.17. The predicted octanol–water partition coefficient (Wildman–Crippen LogP) is 2.88. The van der Waals surface area contributed by atoms with Crippen molar-refractivity contribution in [3.63, 3.8) is 0 Å². The van der Waals surface area contributed by atoms with E-state index in [2.05, 4.69) is 10.1 Å². The van der Waals surface area contributed by atoms with Crippen LogP contribution < -0.4 is 0 Å². The smallest absolute Gasteiger partial charge is 0.230 e. The number of rotatable bonds is 4. The first kappa shape index (κ1) is 12.8. The molecule has 18 heavy (non-hydrogen) atoms. The van der Waals surface area contributed by atoms with Gasteiger partial charge in [-0.15, -0.1) is 0 Å². The molecule has 1 heterocycles. The van der Waals surface area contributed by atoms with E-state index in [1.807, 2.05) is 13.8 Å². The Morgan fingerprint density at radius 1 is 1.44 bits per heavy atom. The number of carbonyl (C=O) groups is 1. The molecule has 0 spiro atoms. The van der Waals surface area contributed by atoms with Crippen LogP contribution in [0.25, 0.3) is 0 Å². The number of aromatic nitrogens is 3. The molecule has 0 aliphatic rings. The molecule has 4 nitrogen and oxygen atoms in total. The molecule has 0 radical (unpaired) electrons. The molecule has 94 valence electrons. The quantitative estimate of drug-likeness (QED) is 0.797. The van der Waals surface area contributed by atoms with Crippen LogP contribution in [0.15, 0.2) is 24.5 Å². The van der Waals surface area contributed by atoms with Crippen molar-refractivity contribution in [3.8, 4) is 0 Å². The lowest BCUT2D eigenvalue weighted by Crippen LogP contribution is -2.13. The average molecular weight is 264 g/mol. The first-order valence-electron chi connectivity index (χ1n) is 5.82. The number of halogens is 1. The Bertz CT molecular complexity index is 577. The van der Waals surface area contributed by atoms with E-state index in [9.17, 15) is 4.79 Å². The van der Waals surface area contributed by atoms with Gasteiger partial charge in [-0.05, 0) is 37.1 Å². The Morgan fingerprint density at radius 2 is 2.22 bits per heavy atom. The van der Waals surface area contributed by atoms with Crippen molar-refractivity contribution in [2.24, 2.45) is 0 Å². The highest BCUT2D eigenvalue weighted by Crippen LogP contribution is 2.17. The molecular weight excluding hydrogens is 250 g/mol. The van der Waals surface area contributed by atoms with Crippen LogP contribution in [-0.2, 0) is 6.54 Å². The van der Waals surface area contributed by atoms with Gasteiger partial charge in [0.1, 0.15) is 6.33 Å². The van der Waals surface area contributed by atoms with E-state index in [0.29, 0.717) is 23.0 Å². The van der Waals surface area contributed by atoms with Gasteiger partial charge in [-0.3, -0.25) is 4.79 Å². The highest BCUT2D eigenvalue weighted by molar-refractivity contribution is 6.30. The average Bonchev–Trinajstić information content (AvgIpc) is 2.77. The summed E-state index contributed by atoms with van der Waals surface area (Å²) in [7, 11) is 0. The van der Waals surface area contributed by atoms with Gasteiger partial charge in [-0.2, -0.15) is 5.10 Å². The summed E-state index contributed by atoms with van der Waals surface area (Å²) in [5.74, 6) is 0.261. The molecule has 0 fully saturated rings.